The van der Waals surface area contributed by atoms with E-state index in [-0.39, 0.29) is 5.82 Å². The van der Waals surface area contributed by atoms with Gasteiger partial charge in [-0.05, 0) is 30.5 Å². The SMILES string of the molecule is Fc1ccc(CNC2CCOCC2)c(Br)c1. The zero-order valence-electron chi connectivity index (χ0n) is 9.01. The monoisotopic (exact) mass is 287 g/mol. The van der Waals surface area contributed by atoms with Crippen molar-refractivity contribution >= 4 is 15.9 Å². The topological polar surface area (TPSA) is 21.3 Å². The number of hydrogen-bond acceptors (Lipinski definition) is 2. The van der Waals surface area contributed by atoms with Crippen LogP contribution >= 0.6 is 15.9 Å². The van der Waals surface area contributed by atoms with Crippen LogP contribution in [0.3, 0.4) is 0 Å². The van der Waals surface area contributed by atoms with E-state index in [0.29, 0.717) is 6.04 Å². The summed E-state index contributed by atoms with van der Waals surface area (Å²) >= 11 is 3.37. The number of halogens is 2. The lowest BCUT2D eigenvalue weighted by atomic mass is 10.1. The first-order valence-corrected chi connectivity index (χ1v) is 6.30. The molecule has 0 radical (unpaired) electrons. The van der Waals surface area contributed by atoms with Crippen molar-refractivity contribution in [2.75, 3.05) is 13.2 Å². The van der Waals surface area contributed by atoms with Crippen LogP contribution in [-0.2, 0) is 11.3 Å². The number of ether oxygens (including phenoxy) is 1. The van der Waals surface area contributed by atoms with Gasteiger partial charge in [0, 0.05) is 30.3 Å². The zero-order chi connectivity index (χ0) is 11.4. The fraction of sp³-hybridized carbons (Fsp3) is 0.500. The van der Waals surface area contributed by atoms with E-state index in [9.17, 15) is 4.39 Å². The van der Waals surface area contributed by atoms with Crippen molar-refractivity contribution in [3.8, 4) is 0 Å². The molecule has 0 atom stereocenters. The average Bonchev–Trinajstić information content (AvgIpc) is 2.29. The van der Waals surface area contributed by atoms with E-state index in [1.54, 1.807) is 0 Å². The quantitative estimate of drug-likeness (QED) is 0.923. The zero-order valence-corrected chi connectivity index (χ0v) is 10.6. The Morgan fingerprint density at radius 1 is 1.38 bits per heavy atom. The largest absolute Gasteiger partial charge is 0.381 e. The highest BCUT2D eigenvalue weighted by molar-refractivity contribution is 9.10. The molecule has 0 amide bonds. The molecular formula is C12H15BrFNO. The minimum Gasteiger partial charge on any atom is -0.381 e. The first-order chi connectivity index (χ1) is 7.75. The Bertz CT molecular complexity index is 353. The lowest BCUT2D eigenvalue weighted by Gasteiger charge is -2.23. The Kier molecular flexibility index (Phi) is 4.32. The first kappa shape index (κ1) is 12.0. The van der Waals surface area contributed by atoms with Crippen molar-refractivity contribution in [1.82, 2.24) is 5.32 Å². The van der Waals surface area contributed by atoms with Gasteiger partial charge < -0.3 is 10.1 Å². The van der Waals surface area contributed by atoms with Gasteiger partial charge in [0.1, 0.15) is 5.82 Å². The fourth-order valence-electron chi connectivity index (χ4n) is 1.82. The van der Waals surface area contributed by atoms with Crippen LogP contribution < -0.4 is 5.32 Å². The van der Waals surface area contributed by atoms with Crippen molar-refractivity contribution in [3.05, 3.63) is 34.1 Å². The third-order valence-electron chi connectivity index (χ3n) is 2.82. The van der Waals surface area contributed by atoms with Crippen LogP contribution in [0, 0.1) is 5.82 Å². The van der Waals surface area contributed by atoms with E-state index in [1.165, 1.54) is 12.1 Å². The van der Waals surface area contributed by atoms with Crippen LogP contribution in [0.15, 0.2) is 22.7 Å². The van der Waals surface area contributed by atoms with Crippen molar-refractivity contribution in [2.45, 2.75) is 25.4 Å². The van der Waals surface area contributed by atoms with Gasteiger partial charge in [-0.3, -0.25) is 0 Å². The summed E-state index contributed by atoms with van der Waals surface area (Å²) in [5, 5.41) is 3.47. The summed E-state index contributed by atoms with van der Waals surface area (Å²) < 4.78 is 19.0. The van der Waals surface area contributed by atoms with Gasteiger partial charge in [0.25, 0.3) is 0 Å². The summed E-state index contributed by atoms with van der Waals surface area (Å²) in [6.45, 7) is 2.44. The molecule has 1 aromatic rings. The number of hydrogen-bond donors (Lipinski definition) is 1. The molecule has 0 saturated carbocycles. The van der Waals surface area contributed by atoms with Gasteiger partial charge in [0.05, 0.1) is 0 Å². The summed E-state index contributed by atoms with van der Waals surface area (Å²) in [6, 6.07) is 5.32. The van der Waals surface area contributed by atoms with Gasteiger partial charge in [0.2, 0.25) is 0 Å². The second-order valence-corrected chi connectivity index (χ2v) is 4.86. The van der Waals surface area contributed by atoms with Crippen LogP contribution in [0.25, 0.3) is 0 Å². The van der Waals surface area contributed by atoms with Crippen LogP contribution in [0.5, 0.6) is 0 Å². The van der Waals surface area contributed by atoms with Gasteiger partial charge in [-0.2, -0.15) is 0 Å². The average molecular weight is 288 g/mol. The predicted octanol–water partition coefficient (Wildman–Crippen LogP) is 2.86. The third-order valence-corrected chi connectivity index (χ3v) is 3.56. The smallest absolute Gasteiger partial charge is 0.124 e. The van der Waals surface area contributed by atoms with Gasteiger partial charge >= 0.3 is 0 Å². The molecule has 1 heterocycles. The van der Waals surface area contributed by atoms with Crippen LogP contribution in [0.1, 0.15) is 18.4 Å². The van der Waals surface area contributed by atoms with Crippen LogP contribution in [0.4, 0.5) is 4.39 Å². The molecule has 1 aliphatic heterocycles. The molecule has 88 valence electrons. The molecule has 0 bridgehead atoms. The molecule has 1 aromatic carbocycles. The molecule has 2 rings (SSSR count). The molecular weight excluding hydrogens is 273 g/mol. The molecule has 1 N–H and O–H groups in total. The highest BCUT2D eigenvalue weighted by Crippen LogP contribution is 2.18. The summed E-state index contributed by atoms with van der Waals surface area (Å²) in [4.78, 5) is 0. The lowest BCUT2D eigenvalue weighted by molar-refractivity contribution is 0.0776. The first-order valence-electron chi connectivity index (χ1n) is 5.51. The Labute approximate surface area is 103 Å². The molecule has 0 unspecified atom stereocenters. The third kappa shape index (κ3) is 3.27. The molecule has 1 fully saturated rings. The Hall–Kier alpha value is -0.450. The summed E-state index contributed by atoms with van der Waals surface area (Å²) in [5.74, 6) is -0.207. The molecule has 0 aliphatic carbocycles. The molecule has 1 aliphatic rings. The van der Waals surface area contributed by atoms with E-state index in [0.717, 1.165) is 42.6 Å². The second-order valence-electron chi connectivity index (χ2n) is 4.00. The maximum absolute atomic E-state index is 12.9. The standard InChI is InChI=1S/C12H15BrFNO/c13-12-7-10(14)2-1-9(12)8-15-11-3-5-16-6-4-11/h1-2,7,11,15H,3-6,8H2. The van der Waals surface area contributed by atoms with Crippen LogP contribution in [0.2, 0.25) is 0 Å². The van der Waals surface area contributed by atoms with Crippen molar-refractivity contribution in [2.24, 2.45) is 0 Å². The van der Waals surface area contributed by atoms with E-state index in [4.69, 9.17) is 4.74 Å². The van der Waals surface area contributed by atoms with Gasteiger partial charge in [-0.15, -0.1) is 0 Å². The molecule has 0 spiro atoms. The minimum atomic E-state index is -0.207. The van der Waals surface area contributed by atoms with Crippen molar-refractivity contribution < 1.29 is 9.13 Å². The maximum atomic E-state index is 12.9. The fourth-order valence-corrected chi connectivity index (χ4v) is 2.31. The van der Waals surface area contributed by atoms with Gasteiger partial charge in [-0.25, -0.2) is 4.39 Å². The molecule has 1 saturated heterocycles. The van der Waals surface area contributed by atoms with Gasteiger partial charge in [-0.1, -0.05) is 22.0 Å². The number of rotatable bonds is 3. The normalized spacial score (nSPS) is 17.6. The number of benzene rings is 1. The summed E-state index contributed by atoms with van der Waals surface area (Å²) in [5.41, 5.74) is 1.09. The van der Waals surface area contributed by atoms with E-state index < -0.39 is 0 Å². The molecule has 2 nitrogen and oxygen atoms in total. The Balaban J connectivity index is 1.88. The van der Waals surface area contributed by atoms with E-state index in [1.807, 2.05) is 6.07 Å². The highest BCUT2D eigenvalue weighted by atomic mass is 79.9. The Morgan fingerprint density at radius 3 is 2.81 bits per heavy atom. The Morgan fingerprint density at radius 2 is 2.12 bits per heavy atom. The predicted molar refractivity (Wildman–Crippen MR) is 64.8 cm³/mol. The van der Waals surface area contributed by atoms with Crippen LogP contribution in [-0.4, -0.2) is 19.3 Å². The highest BCUT2D eigenvalue weighted by Gasteiger charge is 2.13. The maximum Gasteiger partial charge on any atom is 0.124 e. The lowest BCUT2D eigenvalue weighted by Crippen LogP contribution is -2.34. The molecule has 0 aromatic heterocycles. The number of nitrogens with one attached hydrogen (secondary N) is 1. The molecule has 4 heteroatoms. The van der Waals surface area contributed by atoms with E-state index >= 15 is 0 Å². The minimum absolute atomic E-state index is 0.207. The summed E-state index contributed by atoms with van der Waals surface area (Å²) in [7, 11) is 0. The van der Waals surface area contributed by atoms with Gasteiger partial charge in [0.15, 0.2) is 0 Å². The van der Waals surface area contributed by atoms with Crippen molar-refractivity contribution in [1.29, 1.82) is 0 Å². The van der Waals surface area contributed by atoms with E-state index in [2.05, 4.69) is 21.2 Å². The van der Waals surface area contributed by atoms with Crippen molar-refractivity contribution in [3.63, 3.8) is 0 Å². The second kappa shape index (κ2) is 5.75. The molecule has 16 heavy (non-hydrogen) atoms. The summed E-state index contributed by atoms with van der Waals surface area (Å²) in [6.07, 6.45) is 2.11.